The van der Waals surface area contributed by atoms with Crippen molar-refractivity contribution in [3.05, 3.63) is 47.8 Å². The maximum Gasteiger partial charge on any atom is 0.329 e. The van der Waals surface area contributed by atoms with Crippen molar-refractivity contribution >= 4 is 59.1 Å². The molecule has 0 bridgehead atoms. The quantitative estimate of drug-likeness (QED) is 0.181. The summed E-state index contributed by atoms with van der Waals surface area (Å²) in [5, 5.41) is 0. The Bertz CT molecular complexity index is 2480. The lowest BCUT2D eigenvalue weighted by molar-refractivity contribution is -0.176. The summed E-state index contributed by atoms with van der Waals surface area (Å²) < 4.78 is 35.4. The fourth-order valence-electron chi connectivity index (χ4n) is 10.5. The van der Waals surface area contributed by atoms with E-state index in [9.17, 15) is 28.8 Å². The van der Waals surface area contributed by atoms with Crippen LogP contribution in [0, 0.1) is 23.7 Å². The average molecular weight is 1130 g/mol. The Morgan fingerprint density at radius 3 is 1.19 bits per heavy atom. The molecule has 9 atom stereocenters. The molecule has 2 saturated carbocycles. The number of hydrogen-bond donors (Lipinski definition) is 0. The summed E-state index contributed by atoms with van der Waals surface area (Å²) in [4.78, 5) is 136. The summed E-state index contributed by atoms with van der Waals surface area (Å²) in [5.74, 6) is -5.26. The number of carbonyl (C=O) groups excluding carboxylic acids is 8. The second-order valence-corrected chi connectivity index (χ2v) is 23.3. The van der Waals surface area contributed by atoms with E-state index in [0.29, 0.717) is 81.8 Å². The molecule has 3 aliphatic heterocycles. The number of nitrogens with zero attached hydrogens (tertiary/aromatic N) is 8. The fourth-order valence-corrected chi connectivity index (χ4v) is 10.5. The number of anilines is 2. The molecule has 3 saturated heterocycles. The van der Waals surface area contributed by atoms with Crippen molar-refractivity contribution in [2.45, 2.75) is 161 Å². The molecule has 2 aromatic heterocycles. The predicted molar refractivity (Wildman–Crippen MR) is 297 cm³/mol. The Labute approximate surface area is 476 Å². The number of carbonyl (C=O) groups is 8. The van der Waals surface area contributed by atoms with E-state index in [-0.39, 0.29) is 62.2 Å². The van der Waals surface area contributed by atoms with E-state index < -0.39 is 96.1 Å². The topological polar surface area (TPSA) is 237 Å². The van der Waals surface area contributed by atoms with Gasteiger partial charge in [-0.15, -0.1) is 0 Å². The van der Waals surface area contributed by atoms with Gasteiger partial charge in [-0.25, -0.2) is 29.1 Å². The number of esters is 4. The molecule has 5 fully saturated rings. The summed E-state index contributed by atoms with van der Waals surface area (Å²) in [7, 11) is 5.67. The molecule has 0 N–H and O–H groups in total. The van der Waals surface area contributed by atoms with Crippen molar-refractivity contribution in [1.29, 1.82) is 0 Å². The molecule has 81 heavy (non-hydrogen) atoms. The van der Waals surface area contributed by atoms with Gasteiger partial charge in [0.1, 0.15) is 35.8 Å². The highest BCUT2D eigenvalue weighted by Crippen LogP contribution is 2.37. The summed E-state index contributed by atoms with van der Waals surface area (Å²) in [6.45, 7) is 15.1. The summed E-state index contributed by atoms with van der Waals surface area (Å²) >= 11 is 0. The number of pyridine rings is 2. The molecule has 7 rings (SSSR count). The van der Waals surface area contributed by atoms with Crippen LogP contribution in [-0.2, 0) is 79.6 Å². The van der Waals surface area contributed by atoms with Gasteiger partial charge < -0.3 is 57.8 Å². The number of morpholine rings is 2. The van der Waals surface area contributed by atoms with Crippen LogP contribution in [0.2, 0.25) is 0 Å². The zero-order valence-electron chi connectivity index (χ0n) is 49.1. The van der Waals surface area contributed by atoms with Gasteiger partial charge in [-0.05, 0) is 86.5 Å². The molecule has 446 valence electrons. The first-order chi connectivity index (χ1) is 38.6. The van der Waals surface area contributed by atoms with Gasteiger partial charge >= 0.3 is 23.9 Å². The van der Waals surface area contributed by atoms with Gasteiger partial charge in [0.2, 0.25) is 0 Å². The maximum absolute atomic E-state index is 15.1. The minimum atomic E-state index is -1.53. The molecule has 2 aromatic rings. The fraction of sp³-hybridized carbons (Fsp3) is 0.695. The molecule has 4 amide bonds. The minimum Gasteiger partial charge on any atom is -0.451 e. The Kier molecular flexibility index (Phi) is 21.9. The molecule has 22 heteroatoms. The van der Waals surface area contributed by atoms with Crippen molar-refractivity contribution in [2.24, 2.45) is 23.7 Å². The number of ether oxygens (including phenoxy) is 6. The summed E-state index contributed by atoms with van der Waals surface area (Å²) in [6, 6.07) is 2.22. The predicted octanol–water partition coefficient (Wildman–Crippen LogP) is 4.03. The zero-order valence-corrected chi connectivity index (χ0v) is 49.1. The van der Waals surface area contributed by atoms with Crippen LogP contribution in [0.25, 0.3) is 0 Å². The Morgan fingerprint density at radius 1 is 0.494 bits per heavy atom. The number of hydrogen-bond acceptors (Lipinski definition) is 18. The minimum absolute atomic E-state index is 0.0642. The molecule has 0 radical (unpaired) electrons. The normalized spacial score (nSPS) is 27.4. The lowest BCUT2D eigenvalue weighted by Crippen LogP contribution is -2.54. The average Bonchev–Trinajstić information content (AvgIpc) is 4.45. The number of amides is 4. The molecule has 2 aliphatic carbocycles. The molecule has 0 spiro atoms. The third kappa shape index (κ3) is 16.8. The van der Waals surface area contributed by atoms with Crippen LogP contribution >= 0.6 is 0 Å². The second kappa shape index (κ2) is 28.5. The highest BCUT2D eigenvalue weighted by atomic mass is 16.6. The number of aromatic nitrogens is 2. The van der Waals surface area contributed by atoms with Gasteiger partial charge in [-0.2, -0.15) is 0 Å². The van der Waals surface area contributed by atoms with Gasteiger partial charge in [-0.3, -0.25) is 19.2 Å². The highest BCUT2D eigenvalue weighted by molar-refractivity contribution is 5.94. The molecule has 5 aliphatic rings. The van der Waals surface area contributed by atoms with E-state index >= 15 is 9.59 Å². The third-order valence-corrected chi connectivity index (χ3v) is 16.4. The highest BCUT2D eigenvalue weighted by Gasteiger charge is 2.45. The Balaban J connectivity index is 1.25. The van der Waals surface area contributed by atoms with Crippen LogP contribution in [0.4, 0.5) is 11.6 Å². The van der Waals surface area contributed by atoms with Crippen molar-refractivity contribution < 1.29 is 66.8 Å². The van der Waals surface area contributed by atoms with Crippen LogP contribution in [0.5, 0.6) is 0 Å². The maximum atomic E-state index is 15.1. The molecular formula is C59H86N8O14. The first-order valence-electron chi connectivity index (χ1n) is 29.1. The Morgan fingerprint density at radius 2 is 0.852 bits per heavy atom. The molecule has 0 aromatic carbocycles. The van der Waals surface area contributed by atoms with Crippen LogP contribution in [-0.4, -0.2) is 206 Å². The van der Waals surface area contributed by atoms with Gasteiger partial charge in [0.05, 0.1) is 26.4 Å². The van der Waals surface area contributed by atoms with E-state index in [1.54, 1.807) is 24.5 Å². The smallest absolute Gasteiger partial charge is 0.329 e. The molecule has 1 unspecified atom stereocenters. The first-order valence-corrected chi connectivity index (χ1v) is 29.1. The van der Waals surface area contributed by atoms with Gasteiger partial charge in [0.25, 0.3) is 23.6 Å². The standard InChI is InChI=1S/C59H86N8O14/c1-11-37(4)29-45-57(73)79-39(6)53(69)63(8)46(30-40-12-13-40)58(74)80-48(32-42-16-18-50(60-34-42)66-20-24-76-25-21-66)54(70)64(9)44(28-36(2)3)56(72)78-38(5)52(68)62(7)47(31-41-14-15-41)59(75)81-49(55(71)65(45)10)33-43-17-19-51(61-35-43)67-22-26-77-27-23-67/h16-19,34-41,44-49H,11-15,20-33H2,1-10H3/t37?,38-,39-,44+,45+,46+,47+,48-,49-/m1/s1. The first kappa shape index (κ1) is 62.2. The monoisotopic (exact) mass is 1130 g/mol. The third-order valence-electron chi connectivity index (χ3n) is 16.4. The lowest BCUT2D eigenvalue weighted by Gasteiger charge is -2.35. The number of rotatable bonds is 15. The van der Waals surface area contributed by atoms with E-state index in [2.05, 4.69) is 19.8 Å². The van der Waals surface area contributed by atoms with Crippen LogP contribution in [0.15, 0.2) is 36.7 Å². The van der Waals surface area contributed by atoms with Gasteiger partial charge in [0.15, 0.2) is 24.4 Å². The lowest BCUT2D eigenvalue weighted by atomic mass is 9.97. The van der Waals surface area contributed by atoms with Crippen LogP contribution in [0.1, 0.15) is 110 Å². The van der Waals surface area contributed by atoms with Gasteiger partial charge in [-0.1, -0.05) is 71.9 Å². The SMILES string of the molecule is CCC(C)C[C@H]1C(=O)O[C@H](C)C(=O)N(C)[C@@H](CC2CC2)C(=O)O[C@H](Cc2ccc(N3CCOCC3)nc2)C(=O)N(C)[C@@H](CC(C)C)C(=O)O[C@H](C)C(=O)N(C)[C@@H](CC2CC2)C(=O)O[C@H](Cc2ccc(N3CCOCC3)nc2)C(=O)N1C. The number of cyclic esters (lactones) is 4. The van der Waals surface area contributed by atoms with E-state index in [0.717, 1.165) is 25.7 Å². The van der Waals surface area contributed by atoms with E-state index in [1.807, 2.05) is 39.8 Å². The Hall–Kier alpha value is -6.42. The van der Waals surface area contributed by atoms with Crippen LogP contribution in [0.3, 0.4) is 0 Å². The summed E-state index contributed by atoms with van der Waals surface area (Å²) in [5.41, 5.74) is 1.09. The van der Waals surface area contributed by atoms with Crippen molar-refractivity contribution in [2.75, 3.05) is 90.6 Å². The van der Waals surface area contributed by atoms with Crippen molar-refractivity contribution in [3.63, 3.8) is 0 Å². The van der Waals surface area contributed by atoms with Crippen molar-refractivity contribution in [1.82, 2.24) is 29.6 Å². The molecule has 5 heterocycles. The largest absolute Gasteiger partial charge is 0.451 e. The van der Waals surface area contributed by atoms with E-state index in [4.69, 9.17) is 28.4 Å². The van der Waals surface area contributed by atoms with E-state index in [1.165, 1.54) is 61.6 Å². The molecular weight excluding hydrogens is 1040 g/mol. The van der Waals surface area contributed by atoms with Crippen LogP contribution < -0.4 is 9.80 Å². The van der Waals surface area contributed by atoms with Crippen molar-refractivity contribution in [3.8, 4) is 0 Å². The molecule has 22 nitrogen and oxygen atoms in total. The zero-order chi connectivity index (χ0) is 58.7. The number of likely N-dealkylation sites (N-methyl/N-ethyl adjacent to an activating group) is 4. The van der Waals surface area contributed by atoms with Gasteiger partial charge in [0, 0.05) is 79.6 Å². The summed E-state index contributed by atoms with van der Waals surface area (Å²) in [6.07, 6.45) is 1.31. The second-order valence-electron chi connectivity index (χ2n) is 23.3.